The van der Waals surface area contributed by atoms with Crippen LogP contribution in [0.15, 0.2) is 6.20 Å². The van der Waals surface area contributed by atoms with Gasteiger partial charge >= 0.3 is 5.97 Å². The number of carbonyl (C=O) groups excluding carboxylic acids is 1. The fourth-order valence-electron chi connectivity index (χ4n) is 1.24. The molecule has 0 aliphatic rings. The molecule has 0 amide bonds. The van der Waals surface area contributed by atoms with E-state index in [4.69, 9.17) is 0 Å². The monoisotopic (exact) mass is 242 g/mol. The molecule has 0 saturated carbocycles. The highest BCUT2D eigenvalue weighted by atomic mass is 32.1. The predicted octanol–water partition coefficient (Wildman–Crippen LogP) is 2.41. The van der Waals surface area contributed by atoms with E-state index in [0.717, 1.165) is 5.13 Å². The van der Waals surface area contributed by atoms with Gasteiger partial charge < -0.3 is 9.64 Å². The van der Waals surface area contributed by atoms with Crippen molar-refractivity contribution in [3.05, 3.63) is 11.1 Å². The third-order valence-electron chi connectivity index (χ3n) is 2.76. The molecule has 0 saturated heterocycles. The van der Waals surface area contributed by atoms with E-state index in [-0.39, 0.29) is 5.97 Å². The maximum atomic E-state index is 11.3. The molecule has 0 N–H and O–H groups in total. The average Bonchev–Trinajstić information content (AvgIpc) is 2.75. The summed E-state index contributed by atoms with van der Waals surface area (Å²) in [6.07, 6.45) is 1.56. The van der Waals surface area contributed by atoms with Gasteiger partial charge in [-0.05, 0) is 12.8 Å². The highest BCUT2D eigenvalue weighted by Crippen LogP contribution is 2.25. The maximum Gasteiger partial charge on any atom is 0.349 e. The maximum absolute atomic E-state index is 11.3. The van der Waals surface area contributed by atoms with Gasteiger partial charge in [0.1, 0.15) is 4.88 Å². The van der Waals surface area contributed by atoms with Gasteiger partial charge in [0.15, 0.2) is 5.13 Å². The summed E-state index contributed by atoms with van der Waals surface area (Å²) in [5.41, 5.74) is 0. The van der Waals surface area contributed by atoms with E-state index in [0.29, 0.717) is 16.8 Å². The van der Waals surface area contributed by atoms with Gasteiger partial charge in [-0.15, -0.1) is 0 Å². The molecule has 1 aromatic rings. The Morgan fingerprint density at radius 3 is 2.62 bits per heavy atom. The number of thiazole rings is 1. The largest absolute Gasteiger partial charge is 0.465 e. The minimum Gasteiger partial charge on any atom is -0.465 e. The Morgan fingerprint density at radius 1 is 1.50 bits per heavy atom. The van der Waals surface area contributed by atoms with Crippen LogP contribution >= 0.6 is 11.3 Å². The lowest BCUT2D eigenvalue weighted by molar-refractivity contribution is 0.0606. The van der Waals surface area contributed by atoms with E-state index in [2.05, 4.69) is 35.4 Å². The van der Waals surface area contributed by atoms with Crippen LogP contribution in [-0.4, -0.2) is 31.2 Å². The number of carbonyl (C=O) groups is 1. The Bertz CT molecular complexity index is 363. The number of aromatic nitrogens is 1. The van der Waals surface area contributed by atoms with Crippen molar-refractivity contribution >= 4 is 22.4 Å². The number of methoxy groups -OCH3 is 1. The van der Waals surface area contributed by atoms with E-state index < -0.39 is 0 Å². The summed E-state index contributed by atoms with van der Waals surface area (Å²) in [4.78, 5) is 18.1. The standard InChI is InChI=1S/C11H18N2O2S/c1-7(2)8(3)13(4)11-12-6-9(16-11)10(14)15-5/h6-8H,1-5H3. The number of anilines is 1. The molecule has 0 radical (unpaired) electrons. The van der Waals surface area contributed by atoms with E-state index in [1.165, 1.54) is 18.4 Å². The van der Waals surface area contributed by atoms with E-state index >= 15 is 0 Å². The molecule has 1 rings (SSSR count). The van der Waals surface area contributed by atoms with Gasteiger partial charge in [-0.2, -0.15) is 0 Å². The molecule has 0 aromatic carbocycles. The zero-order valence-electron chi connectivity index (χ0n) is 10.4. The fourth-order valence-corrected chi connectivity index (χ4v) is 2.13. The van der Waals surface area contributed by atoms with Gasteiger partial charge in [-0.25, -0.2) is 9.78 Å². The second kappa shape index (κ2) is 5.30. The second-order valence-corrected chi connectivity index (χ2v) is 5.10. The van der Waals surface area contributed by atoms with Crippen molar-refractivity contribution in [1.82, 2.24) is 4.98 Å². The van der Waals surface area contributed by atoms with E-state index in [1.807, 2.05) is 7.05 Å². The van der Waals surface area contributed by atoms with Crippen molar-refractivity contribution in [3.8, 4) is 0 Å². The van der Waals surface area contributed by atoms with Crippen LogP contribution in [0, 0.1) is 5.92 Å². The molecule has 4 nitrogen and oxygen atoms in total. The molecule has 1 unspecified atom stereocenters. The first-order valence-electron chi connectivity index (χ1n) is 5.24. The summed E-state index contributed by atoms with van der Waals surface area (Å²) >= 11 is 1.36. The van der Waals surface area contributed by atoms with Gasteiger partial charge in [-0.3, -0.25) is 0 Å². The third-order valence-corrected chi connectivity index (χ3v) is 3.83. The zero-order valence-corrected chi connectivity index (χ0v) is 11.2. The summed E-state index contributed by atoms with van der Waals surface area (Å²) < 4.78 is 4.65. The highest BCUT2D eigenvalue weighted by molar-refractivity contribution is 7.17. The smallest absolute Gasteiger partial charge is 0.349 e. The van der Waals surface area contributed by atoms with Crippen LogP contribution in [0.1, 0.15) is 30.4 Å². The molecule has 1 aromatic heterocycles. The van der Waals surface area contributed by atoms with Crippen LogP contribution in [-0.2, 0) is 4.74 Å². The van der Waals surface area contributed by atoms with Crippen molar-refractivity contribution in [1.29, 1.82) is 0 Å². The molecule has 5 heteroatoms. The summed E-state index contributed by atoms with van der Waals surface area (Å²) in [5, 5.41) is 0.849. The van der Waals surface area contributed by atoms with Gasteiger partial charge in [0.05, 0.1) is 13.3 Å². The van der Waals surface area contributed by atoms with Crippen LogP contribution in [0.2, 0.25) is 0 Å². The highest BCUT2D eigenvalue weighted by Gasteiger charge is 2.18. The average molecular weight is 242 g/mol. The topological polar surface area (TPSA) is 42.4 Å². The Labute approximate surface area is 100 Å². The Kier molecular flexibility index (Phi) is 4.29. The van der Waals surface area contributed by atoms with Crippen molar-refractivity contribution in [3.63, 3.8) is 0 Å². The molecule has 16 heavy (non-hydrogen) atoms. The Balaban J connectivity index is 2.81. The molecule has 90 valence electrons. The summed E-state index contributed by atoms with van der Waals surface area (Å²) in [7, 11) is 3.37. The lowest BCUT2D eigenvalue weighted by atomic mass is 10.1. The molecule has 1 heterocycles. The number of nitrogens with zero attached hydrogens (tertiary/aromatic N) is 2. The normalized spacial score (nSPS) is 12.6. The first-order chi connectivity index (χ1) is 7.47. The zero-order chi connectivity index (χ0) is 12.3. The minimum atomic E-state index is -0.325. The first kappa shape index (κ1) is 13.0. The second-order valence-electron chi connectivity index (χ2n) is 4.09. The Hall–Kier alpha value is -1.10. The first-order valence-corrected chi connectivity index (χ1v) is 6.06. The van der Waals surface area contributed by atoms with Crippen molar-refractivity contribution in [2.24, 2.45) is 5.92 Å². The Morgan fingerprint density at radius 2 is 2.12 bits per heavy atom. The van der Waals surface area contributed by atoms with Crippen molar-refractivity contribution in [2.45, 2.75) is 26.8 Å². The van der Waals surface area contributed by atoms with Gasteiger partial charge in [0, 0.05) is 13.1 Å². The van der Waals surface area contributed by atoms with Gasteiger partial charge in [0.25, 0.3) is 0 Å². The molecule has 0 aliphatic heterocycles. The van der Waals surface area contributed by atoms with E-state index in [1.54, 1.807) is 6.20 Å². The predicted molar refractivity (Wildman–Crippen MR) is 66.2 cm³/mol. The molecule has 0 aliphatic carbocycles. The molecule has 0 bridgehead atoms. The van der Waals surface area contributed by atoms with Crippen LogP contribution in [0.4, 0.5) is 5.13 Å². The lowest BCUT2D eigenvalue weighted by Crippen LogP contribution is -2.32. The van der Waals surface area contributed by atoms with Crippen molar-refractivity contribution in [2.75, 3.05) is 19.1 Å². The summed E-state index contributed by atoms with van der Waals surface area (Å²) in [6.45, 7) is 6.47. The molecule has 1 atom stereocenters. The molecular weight excluding hydrogens is 224 g/mol. The third kappa shape index (κ3) is 2.72. The number of hydrogen-bond donors (Lipinski definition) is 0. The number of rotatable bonds is 4. The quantitative estimate of drug-likeness (QED) is 0.760. The number of ether oxygens (including phenoxy) is 1. The van der Waals surface area contributed by atoms with Crippen LogP contribution in [0.25, 0.3) is 0 Å². The summed E-state index contributed by atoms with van der Waals surface area (Å²) in [5.74, 6) is 0.213. The minimum absolute atomic E-state index is 0.325. The van der Waals surface area contributed by atoms with Gasteiger partial charge in [0.2, 0.25) is 0 Å². The number of hydrogen-bond acceptors (Lipinski definition) is 5. The number of esters is 1. The van der Waals surface area contributed by atoms with Gasteiger partial charge in [-0.1, -0.05) is 25.2 Å². The van der Waals surface area contributed by atoms with E-state index in [9.17, 15) is 4.79 Å². The fraction of sp³-hybridized carbons (Fsp3) is 0.636. The van der Waals surface area contributed by atoms with Crippen LogP contribution in [0.3, 0.4) is 0 Å². The molecule has 0 spiro atoms. The summed E-state index contributed by atoms with van der Waals surface area (Å²) in [6, 6.07) is 0.386. The molecule has 0 fully saturated rings. The SMILES string of the molecule is COC(=O)c1cnc(N(C)C(C)C(C)C)s1. The van der Waals surface area contributed by atoms with Crippen LogP contribution in [0.5, 0.6) is 0 Å². The molecular formula is C11H18N2O2S. The lowest BCUT2D eigenvalue weighted by Gasteiger charge is -2.27. The van der Waals surface area contributed by atoms with Crippen LogP contribution < -0.4 is 4.90 Å². The van der Waals surface area contributed by atoms with Crippen molar-refractivity contribution < 1.29 is 9.53 Å².